The molecule has 0 saturated carbocycles. The van der Waals surface area contributed by atoms with Crippen LogP contribution in [0.2, 0.25) is 5.02 Å². The second-order valence-electron chi connectivity index (χ2n) is 6.89. The molecule has 1 aliphatic rings. The van der Waals surface area contributed by atoms with Crippen LogP contribution >= 0.6 is 11.6 Å². The molecule has 1 aromatic heterocycles. The third kappa shape index (κ3) is 4.03. The third-order valence-electron chi connectivity index (χ3n) is 5.04. The number of carbonyl (C=O) groups excluding carboxylic acids is 1. The maximum Gasteiger partial charge on any atom is 0.267 e. The molecule has 0 radical (unpaired) electrons. The van der Waals surface area contributed by atoms with Gasteiger partial charge in [-0.1, -0.05) is 11.6 Å². The lowest BCUT2D eigenvalue weighted by Gasteiger charge is -2.20. The first-order chi connectivity index (χ1) is 15.0. The number of amides is 1. The zero-order chi connectivity index (χ0) is 22.0. The molecule has 3 aromatic rings. The fourth-order valence-corrected chi connectivity index (χ4v) is 3.87. The number of halogens is 1. The molecule has 1 aliphatic heterocycles. The summed E-state index contributed by atoms with van der Waals surface area (Å²) in [7, 11) is 4.65. The van der Waals surface area contributed by atoms with Gasteiger partial charge < -0.3 is 34.0 Å². The van der Waals surface area contributed by atoms with Gasteiger partial charge in [0.25, 0.3) is 5.91 Å². The van der Waals surface area contributed by atoms with Gasteiger partial charge in [-0.2, -0.15) is 0 Å². The van der Waals surface area contributed by atoms with E-state index >= 15 is 0 Å². The van der Waals surface area contributed by atoms with Crippen LogP contribution in [0.1, 0.15) is 16.1 Å². The SMILES string of the molecule is COc1cc(OC)c2cc(C(=O)NCCc3cc(Cl)c4c(c3)OCCO4)[nH]c2c1OC. The Morgan fingerprint density at radius 3 is 2.58 bits per heavy atom. The fraction of sp³-hybridized carbons (Fsp3) is 0.318. The molecule has 0 spiro atoms. The number of benzene rings is 2. The molecule has 0 aliphatic carbocycles. The molecule has 2 aromatic carbocycles. The molecular formula is C22H23ClN2O6. The smallest absolute Gasteiger partial charge is 0.267 e. The van der Waals surface area contributed by atoms with Crippen LogP contribution in [0.25, 0.3) is 10.9 Å². The number of methoxy groups -OCH3 is 3. The van der Waals surface area contributed by atoms with E-state index in [1.165, 1.54) is 0 Å². The van der Waals surface area contributed by atoms with Crippen molar-refractivity contribution in [2.24, 2.45) is 0 Å². The van der Waals surface area contributed by atoms with Gasteiger partial charge in [0, 0.05) is 18.0 Å². The molecule has 2 N–H and O–H groups in total. The van der Waals surface area contributed by atoms with Crippen molar-refractivity contribution >= 4 is 28.4 Å². The van der Waals surface area contributed by atoms with Crippen LogP contribution in [-0.4, -0.2) is 52.0 Å². The van der Waals surface area contributed by atoms with Crippen LogP contribution in [0.3, 0.4) is 0 Å². The predicted molar refractivity (Wildman–Crippen MR) is 116 cm³/mol. The fourth-order valence-electron chi connectivity index (χ4n) is 3.58. The summed E-state index contributed by atoms with van der Waals surface area (Å²) in [5.74, 6) is 2.54. The topological polar surface area (TPSA) is 91.0 Å². The Kier molecular flexibility index (Phi) is 5.99. The van der Waals surface area contributed by atoms with Gasteiger partial charge in [0.1, 0.15) is 24.7 Å². The van der Waals surface area contributed by atoms with E-state index in [1.807, 2.05) is 12.1 Å². The molecule has 0 bridgehead atoms. The number of ether oxygens (including phenoxy) is 5. The molecule has 2 heterocycles. The van der Waals surface area contributed by atoms with Crippen molar-refractivity contribution in [3.63, 3.8) is 0 Å². The standard InChI is InChI=1S/C22H23ClN2O6/c1-27-16-11-17(28-2)21(29-3)19-13(16)10-15(25-19)22(26)24-5-4-12-8-14(23)20-18(9-12)30-6-7-31-20/h8-11,25H,4-7H2,1-3H3,(H,24,26). The zero-order valence-corrected chi connectivity index (χ0v) is 18.2. The number of aromatic nitrogens is 1. The Morgan fingerprint density at radius 2 is 1.84 bits per heavy atom. The van der Waals surface area contributed by atoms with Crippen molar-refractivity contribution in [1.82, 2.24) is 10.3 Å². The van der Waals surface area contributed by atoms with Crippen molar-refractivity contribution in [1.29, 1.82) is 0 Å². The quantitative estimate of drug-likeness (QED) is 0.576. The average molecular weight is 447 g/mol. The van der Waals surface area contributed by atoms with Crippen LogP contribution in [0.15, 0.2) is 24.3 Å². The number of fused-ring (bicyclic) bond motifs is 2. The van der Waals surface area contributed by atoms with Gasteiger partial charge in [0.15, 0.2) is 23.0 Å². The van der Waals surface area contributed by atoms with Gasteiger partial charge in [-0.15, -0.1) is 0 Å². The van der Waals surface area contributed by atoms with Crippen molar-refractivity contribution < 1.29 is 28.5 Å². The lowest BCUT2D eigenvalue weighted by Crippen LogP contribution is -2.26. The first kappa shape index (κ1) is 21.0. The minimum absolute atomic E-state index is 0.247. The lowest BCUT2D eigenvalue weighted by atomic mass is 10.1. The number of aromatic amines is 1. The van der Waals surface area contributed by atoms with Crippen molar-refractivity contribution in [3.8, 4) is 28.7 Å². The van der Waals surface area contributed by atoms with E-state index < -0.39 is 0 Å². The highest BCUT2D eigenvalue weighted by Crippen LogP contribution is 2.41. The van der Waals surface area contributed by atoms with Crippen LogP contribution in [-0.2, 0) is 6.42 Å². The van der Waals surface area contributed by atoms with E-state index in [1.54, 1.807) is 33.5 Å². The Bertz CT molecular complexity index is 1130. The Balaban J connectivity index is 1.50. The molecular weight excluding hydrogens is 424 g/mol. The summed E-state index contributed by atoms with van der Waals surface area (Å²) in [6.07, 6.45) is 0.586. The van der Waals surface area contributed by atoms with E-state index in [2.05, 4.69) is 10.3 Å². The molecule has 0 atom stereocenters. The number of H-pyrrole nitrogens is 1. The first-order valence-corrected chi connectivity index (χ1v) is 10.1. The minimum atomic E-state index is -0.247. The highest BCUT2D eigenvalue weighted by Gasteiger charge is 2.20. The second kappa shape index (κ2) is 8.85. The lowest BCUT2D eigenvalue weighted by molar-refractivity contribution is 0.0950. The van der Waals surface area contributed by atoms with E-state index in [-0.39, 0.29) is 5.91 Å². The van der Waals surface area contributed by atoms with E-state index in [4.69, 9.17) is 35.3 Å². The van der Waals surface area contributed by atoms with Crippen LogP contribution in [0, 0.1) is 0 Å². The summed E-state index contributed by atoms with van der Waals surface area (Å²) < 4.78 is 27.4. The highest BCUT2D eigenvalue weighted by molar-refractivity contribution is 6.32. The predicted octanol–water partition coefficient (Wildman–Crippen LogP) is 3.59. The molecule has 1 amide bonds. The number of rotatable bonds is 7. The van der Waals surface area contributed by atoms with Gasteiger partial charge in [-0.3, -0.25) is 4.79 Å². The summed E-state index contributed by atoms with van der Waals surface area (Å²) in [6.45, 7) is 1.39. The summed E-state index contributed by atoms with van der Waals surface area (Å²) in [4.78, 5) is 15.8. The second-order valence-corrected chi connectivity index (χ2v) is 7.30. The summed E-state index contributed by atoms with van der Waals surface area (Å²) in [6, 6.07) is 7.17. The third-order valence-corrected chi connectivity index (χ3v) is 5.32. The van der Waals surface area contributed by atoms with Crippen molar-refractivity contribution in [2.45, 2.75) is 6.42 Å². The Labute approximate surface area is 184 Å². The Morgan fingerprint density at radius 1 is 1.06 bits per heavy atom. The van der Waals surface area contributed by atoms with Crippen LogP contribution in [0.4, 0.5) is 0 Å². The number of hydrogen-bond acceptors (Lipinski definition) is 6. The van der Waals surface area contributed by atoms with E-state index in [0.29, 0.717) is 71.2 Å². The van der Waals surface area contributed by atoms with Crippen molar-refractivity contribution in [2.75, 3.05) is 41.1 Å². The van der Waals surface area contributed by atoms with Gasteiger partial charge in [0.05, 0.1) is 31.9 Å². The molecule has 0 unspecified atom stereocenters. The molecule has 9 heteroatoms. The highest BCUT2D eigenvalue weighted by atomic mass is 35.5. The largest absolute Gasteiger partial charge is 0.496 e. The van der Waals surface area contributed by atoms with Crippen LogP contribution < -0.4 is 29.0 Å². The summed E-state index contributed by atoms with van der Waals surface area (Å²) in [5, 5.41) is 4.14. The molecule has 0 fully saturated rings. The molecule has 0 saturated heterocycles. The summed E-state index contributed by atoms with van der Waals surface area (Å²) in [5.41, 5.74) is 1.96. The molecule has 4 rings (SSSR count). The average Bonchev–Trinajstić information content (AvgIpc) is 3.23. The van der Waals surface area contributed by atoms with Gasteiger partial charge >= 0.3 is 0 Å². The number of hydrogen-bond donors (Lipinski definition) is 2. The maximum atomic E-state index is 12.7. The monoisotopic (exact) mass is 446 g/mol. The maximum absolute atomic E-state index is 12.7. The van der Waals surface area contributed by atoms with Gasteiger partial charge in [0.2, 0.25) is 0 Å². The molecule has 31 heavy (non-hydrogen) atoms. The molecule has 8 nitrogen and oxygen atoms in total. The van der Waals surface area contributed by atoms with E-state index in [0.717, 1.165) is 10.9 Å². The van der Waals surface area contributed by atoms with Crippen LogP contribution in [0.5, 0.6) is 28.7 Å². The molecule has 164 valence electrons. The first-order valence-electron chi connectivity index (χ1n) is 9.73. The zero-order valence-electron chi connectivity index (χ0n) is 17.5. The van der Waals surface area contributed by atoms with Gasteiger partial charge in [-0.05, 0) is 30.2 Å². The normalized spacial score (nSPS) is 12.5. The van der Waals surface area contributed by atoms with Crippen molar-refractivity contribution in [3.05, 3.63) is 40.5 Å². The van der Waals surface area contributed by atoms with Gasteiger partial charge in [-0.25, -0.2) is 0 Å². The Hall–Kier alpha value is -3.26. The number of carbonyl (C=O) groups is 1. The number of nitrogens with one attached hydrogen (secondary N) is 2. The summed E-state index contributed by atoms with van der Waals surface area (Å²) >= 11 is 6.28. The minimum Gasteiger partial charge on any atom is -0.496 e. The van der Waals surface area contributed by atoms with E-state index in [9.17, 15) is 4.79 Å².